The Labute approximate surface area is 181 Å². The molecule has 5 rings (SSSR count). The molecule has 2 aliphatic rings. The van der Waals surface area contributed by atoms with E-state index in [-0.39, 0.29) is 11.9 Å². The first-order valence-corrected chi connectivity index (χ1v) is 10.7. The molecule has 6 nitrogen and oxygen atoms in total. The maximum Gasteiger partial charge on any atom is 0.255 e. The predicted octanol–water partition coefficient (Wildman–Crippen LogP) is 4.58. The molecule has 0 saturated carbocycles. The Kier molecular flexibility index (Phi) is 4.80. The number of methoxy groups -OCH3 is 4. The van der Waals surface area contributed by atoms with Gasteiger partial charge in [0.25, 0.3) is 5.91 Å². The van der Waals surface area contributed by atoms with Gasteiger partial charge in [0.05, 0.1) is 34.0 Å². The molecule has 1 unspecified atom stereocenters. The maximum absolute atomic E-state index is 13.7. The van der Waals surface area contributed by atoms with Gasteiger partial charge in [0.15, 0.2) is 23.0 Å². The summed E-state index contributed by atoms with van der Waals surface area (Å²) in [4.78, 5) is 15.8. The fraction of sp³-hybridized carbons (Fsp3) is 0.400. The van der Waals surface area contributed by atoms with Gasteiger partial charge in [0, 0.05) is 12.6 Å². The molecule has 0 bridgehead atoms. The van der Waals surface area contributed by atoms with E-state index < -0.39 is 0 Å². The summed E-state index contributed by atoms with van der Waals surface area (Å²) in [6, 6.07) is 8.15. The smallest absolute Gasteiger partial charge is 0.255 e. The van der Waals surface area contributed by atoms with Gasteiger partial charge >= 0.3 is 0 Å². The summed E-state index contributed by atoms with van der Waals surface area (Å²) in [6.07, 6.45) is 4.12. The number of hydrogen-bond acceptors (Lipinski definition) is 5. The molecular weight excluding hydrogens is 394 g/mol. The maximum atomic E-state index is 13.7. The van der Waals surface area contributed by atoms with Crippen LogP contribution in [0.1, 0.15) is 35.2 Å². The van der Waals surface area contributed by atoms with Crippen molar-refractivity contribution < 1.29 is 23.7 Å². The number of carbonyl (C=O) groups is 1. The van der Waals surface area contributed by atoms with E-state index in [4.69, 9.17) is 18.9 Å². The van der Waals surface area contributed by atoms with Crippen LogP contribution in [-0.4, -0.2) is 51.8 Å². The van der Waals surface area contributed by atoms with Crippen molar-refractivity contribution in [3.8, 4) is 23.0 Å². The molecule has 0 aromatic heterocycles. The second-order valence-electron chi connectivity index (χ2n) is 8.21. The lowest BCUT2D eigenvalue weighted by molar-refractivity contribution is 0.0586. The highest BCUT2D eigenvalue weighted by Crippen LogP contribution is 2.45. The third kappa shape index (κ3) is 2.88. The highest BCUT2D eigenvalue weighted by molar-refractivity contribution is 6.20. The summed E-state index contributed by atoms with van der Waals surface area (Å²) >= 11 is 0. The summed E-state index contributed by atoms with van der Waals surface area (Å²) < 4.78 is 22.3. The Morgan fingerprint density at radius 3 is 1.84 bits per heavy atom. The average molecular weight is 421 g/mol. The number of amides is 1. The molecule has 3 aromatic carbocycles. The summed E-state index contributed by atoms with van der Waals surface area (Å²) in [7, 11) is 6.52. The number of rotatable bonds is 4. The van der Waals surface area contributed by atoms with E-state index in [1.807, 2.05) is 24.3 Å². The van der Waals surface area contributed by atoms with Gasteiger partial charge in [-0.2, -0.15) is 0 Å². The first-order valence-electron chi connectivity index (χ1n) is 10.7. The molecule has 2 aliphatic heterocycles. The van der Waals surface area contributed by atoms with E-state index in [9.17, 15) is 4.79 Å². The quantitative estimate of drug-likeness (QED) is 0.577. The van der Waals surface area contributed by atoms with Crippen molar-refractivity contribution in [3.05, 3.63) is 35.4 Å². The van der Waals surface area contributed by atoms with Crippen LogP contribution in [0.2, 0.25) is 0 Å². The van der Waals surface area contributed by atoms with Crippen LogP contribution in [0.3, 0.4) is 0 Å². The van der Waals surface area contributed by atoms with Gasteiger partial charge in [-0.25, -0.2) is 0 Å². The zero-order valence-corrected chi connectivity index (χ0v) is 18.4. The van der Waals surface area contributed by atoms with Gasteiger partial charge < -0.3 is 23.8 Å². The second kappa shape index (κ2) is 7.52. The van der Waals surface area contributed by atoms with Crippen LogP contribution in [-0.2, 0) is 6.42 Å². The van der Waals surface area contributed by atoms with E-state index in [2.05, 4.69) is 4.90 Å². The standard InChI is InChI=1S/C25H27NO5/c1-28-20-10-15-16(11-21(20)29-2)18-9-14-7-5-6-8-26(14)25(27)24(18)19-13-23(31-4)22(30-3)12-17(15)19/h10-14H,5-9H2,1-4H3. The minimum atomic E-state index is 0.111. The Morgan fingerprint density at radius 2 is 1.26 bits per heavy atom. The Morgan fingerprint density at radius 1 is 0.742 bits per heavy atom. The zero-order chi connectivity index (χ0) is 21.7. The Balaban J connectivity index is 1.93. The number of hydrogen-bond donors (Lipinski definition) is 0. The van der Waals surface area contributed by atoms with Crippen LogP contribution in [0.5, 0.6) is 23.0 Å². The summed E-state index contributed by atoms with van der Waals surface area (Å²) in [5, 5.41) is 3.88. The molecule has 1 amide bonds. The lowest BCUT2D eigenvalue weighted by atomic mass is 9.82. The molecule has 3 aromatic rings. The monoisotopic (exact) mass is 421 g/mol. The molecule has 2 heterocycles. The van der Waals surface area contributed by atoms with Crippen LogP contribution in [0.25, 0.3) is 21.5 Å². The van der Waals surface area contributed by atoms with Crippen molar-refractivity contribution in [3.63, 3.8) is 0 Å². The lowest BCUT2D eigenvalue weighted by Crippen LogP contribution is -2.48. The predicted molar refractivity (Wildman–Crippen MR) is 120 cm³/mol. The van der Waals surface area contributed by atoms with Crippen LogP contribution in [0.15, 0.2) is 24.3 Å². The number of ether oxygens (including phenoxy) is 4. The number of benzene rings is 3. The van der Waals surface area contributed by atoms with E-state index in [1.165, 1.54) is 0 Å². The molecule has 0 spiro atoms. The van der Waals surface area contributed by atoms with Crippen LogP contribution in [0, 0.1) is 0 Å². The van der Waals surface area contributed by atoms with Gasteiger partial charge in [-0.3, -0.25) is 4.79 Å². The zero-order valence-electron chi connectivity index (χ0n) is 18.4. The molecule has 1 saturated heterocycles. The van der Waals surface area contributed by atoms with Crippen LogP contribution in [0.4, 0.5) is 0 Å². The fourth-order valence-corrected chi connectivity index (χ4v) is 5.27. The van der Waals surface area contributed by atoms with Gasteiger partial charge in [0.1, 0.15) is 0 Å². The average Bonchev–Trinajstić information content (AvgIpc) is 2.82. The molecule has 0 N–H and O–H groups in total. The molecule has 1 atom stereocenters. The first-order chi connectivity index (χ1) is 15.1. The molecular formula is C25H27NO5. The van der Waals surface area contributed by atoms with Crippen molar-refractivity contribution in [1.82, 2.24) is 4.90 Å². The number of fused-ring (bicyclic) bond motifs is 7. The van der Waals surface area contributed by atoms with Gasteiger partial charge in [-0.05, 0) is 77.1 Å². The molecule has 31 heavy (non-hydrogen) atoms. The molecule has 0 radical (unpaired) electrons. The van der Waals surface area contributed by atoms with Crippen LogP contribution >= 0.6 is 0 Å². The first kappa shape index (κ1) is 19.8. The second-order valence-corrected chi connectivity index (χ2v) is 8.21. The van der Waals surface area contributed by atoms with Gasteiger partial charge in [-0.15, -0.1) is 0 Å². The summed E-state index contributed by atoms with van der Waals surface area (Å²) in [5.74, 6) is 2.68. The highest BCUT2D eigenvalue weighted by Gasteiger charge is 2.36. The Bertz CT molecular complexity index is 1200. The normalized spacial score (nSPS) is 18.0. The van der Waals surface area contributed by atoms with Crippen molar-refractivity contribution in [1.29, 1.82) is 0 Å². The minimum absolute atomic E-state index is 0.111. The van der Waals surface area contributed by atoms with E-state index in [1.54, 1.807) is 28.4 Å². The summed E-state index contributed by atoms with van der Waals surface area (Å²) in [5.41, 5.74) is 1.86. The van der Waals surface area contributed by atoms with Gasteiger partial charge in [-0.1, -0.05) is 0 Å². The molecule has 1 fully saturated rings. The van der Waals surface area contributed by atoms with Crippen molar-refractivity contribution in [2.45, 2.75) is 31.7 Å². The molecule has 162 valence electrons. The van der Waals surface area contributed by atoms with Crippen molar-refractivity contribution in [2.75, 3.05) is 35.0 Å². The molecule has 6 heteroatoms. The van der Waals surface area contributed by atoms with E-state index >= 15 is 0 Å². The number of piperidine rings is 1. The highest BCUT2D eigenvalue weighted by atomic mass is 16.5. The molecule has 0 aliphatic carbocycles. The fourth-order valence-electron chi connectivity index (χ4n) is 5.27. The van der Waals surface area contributed by atoms with Crippen LogP contribution < -0.4 is 18.9 Å². The van der Waals surface area contributed by atoms with Gasteiger partial charge in [0.2, 0.25) is 0 Å². The third-order valence-electron chi connectivity index (χ3n) is 6.78. The van der Waals surface area contributed by atoms with E-state index in [0.717, 1.165) is 64.9 Å². The summed E-state index contributed by atoms with van der Waals surface area (Å²) in [6.45, 7) is 0.821. The van der Waals surface area contributed by atoms with Crippen molar-refractivity contribution in [2.24, 2.45) is 0 Å². The Hall–Kier alpha value is -3.15. The third-order valence-corrected chi connectivity index (χ3v) is 6.78. The van der Waals surface area contributed by atoms with E-state index in [0.29, 0.717) is 23.0 Å². The lowest BCUT2D eigenvalue weighted by Gasteiger charge is -2.41. The number of nitrogens with zero attached hydrogens (tertiary/aromatic N) is 1. The SMILES string of the molecule is COc1cc2c3c(c4cc(OC)c(OC)cc4c2cc1OC)C(=O)N1CCCCC1C3. The topological polar surface area (TPSA) is 57.2 Å². The van der Waals surface area contributed by atoms with Crippen molar-refractivity contribution >= 4 is 27.5 Å². The largest absolute Gasteiger partial charge is 0.493 e. The minimum Gasteiger partial charge on any atom is -0.493 e. The number of carbonyl (C=O) groups excluding carboxylic acids is 1.